The molecule has 0 bridgehead atoms. The topological polar surface area (TPSA) is 76.1 Å². The van der Waals surface area contributed by atoms with Crippen molar-refractivity contribution in [1.82, 2.24) is 4.90 Å². The Morgan fingerprint density at radius 2 is 1.66 bits per heavy atom. The molecule has 6 nitrogen and oxygen atoms in total. The molecule has 4 rings (SSSR count). The normalized spacial score (nSPS) is 20.4. The summed E-state index contributed by atoms with van der Waals surface area (Å²) in [5, 5.41) is 11.7. The van der Waals surface area contributed by atoms with Gasteiger partial charge in [0.25, 0.3) is 11.7 Å². The van der Waals surface area contributed by atoms with E-state index >= 15 is 0 Å². The molecule has 8 heteroatoms. The number of hydrogen-bond acceptors (Lipinski definition) is 5. The fraction of sp³-hybridized carbons (Fsp3) is 0.407. The van der Waals surface area contributed by atoms with Crippen LogP contribution in [0.4, 0.5) is 0 Å². The molecule has 2 aromatic carbocycles. The molecule has 2 aliphatic rings. The number of Topliss-reactive ketones (excluding diaryl/α,β-unsaturated/α-hetero) is 1. The van der Waals surface area contributed by atoms with Gasteiger partial charge < -0.3 is 19.5 Å². The van der Waals surface area contributed by atoms with E-state index in [-0.39, 0.29) is 44.5 Å². The van der Waals surface area contributed by atoms with Crippen LogP contribution in [0.2, 0.25) is 10.0 Å². The molecule has 1 aliphatic heterocycles. The van der Waals surface area contributed by atoms with Gasteiger partial charge in [0, 0.05) is 6.04 Å². The summed E-state index contributed by atoms with van der Waals surface area (Å²) in [4.78, 5) is 28.5. The molecule has 1 saturated heterocycles. The van der Waals surface area contributed by atoms with Gasteiger partial charge in [0.1, 0.15) is 10.8 Å². The Kier molecular flexibility index (Phi) is 7.62. The minimum absolute atomic E-state index is 0.000391. The number of rotatable bonds is 6. The van der Waals surface area contributed by atoms with E-state index in [1.807, 2.05) is 24.3 Å². The SMILES string of the molecule is CCc1ccc(C2/C(=C(\O)c3cc(Cl)c(OC)c(Cl)c3OC)C(=O)C(=O)N2C2CCCCC2)cc1. The molecule has 0 radical (unpaired) electrons. The van der Waals surface area contributed by atoms with Crippen molar-refractivity contribution in [1.29, 1.82) is 0 Å². The van der Waals surface area contributed by atoms with Crippen LogP contribution >= 0.6 is 23.2 Å². The Balaban J connectivity index is 1.94. The summed E-state index contributed by atoms with van der Waals surface area (Å²) >= 11 is 12.8. The summed E-state index contributed by atoms with van der Waals surface area (Å²) in [5.41, 5.74) is 2.03. The number of ketones is 1. The number of benzene rings is 2. The van der Waals surface area contributed by atoms with Crippen molar-refractivity contribution in [3.8, 4) is 11.5 Å². The van der Waals surface area contributed by atoms with Gasteiger partial charge in [-0.15, -0.1) is 0 Å². The maximum atomic E-state index is 13.4. The van der Waals surface area contributed by atoms with Crippen LogP contribution in [0.5, 0.6) is 11.5 Å². The zero-order valence-electron chi connectivity index (χ0n) is 20.1. The van der Waals surface area contributed by atoms with Gasteiger partial charge in [-0.2, -0.15) is 0 Å². The molecule has 35 heavy (non-hydrogen) atoms. The van der Waals surface area contributed by atoms with Gasteiger partial charge in [0.2, 0.25) is 0 Å². The van der Waals surface area contributed by atoms with Crippen LogP contribution in [0, 0.1) is 0 Å². The molecule has 2 aromatic rings. The third kappa shape index (κ3) is 4.50. The Morgan fingerprint density at radius 3 is 2.23 bits per heavy atom. The number of ether oxygens (including phenoxy) is 2. The number of nitrogens with zero attached hydrogens (tertiary/aromatic N) is 1. The molecule has 2 fully saturated rings. The van der Waals surface area contributed by atoms with E-state index < -0.39 is 17.7 Å². The fourth-order valence-electron chi connectivity index (χ4n) is 5.14. The first-order valence-corrected chi connectivity index (χ1v) is 12.6. The van der Waals surface area contributed by atoms with E-state index in [1.54, 1.807) is 4.90 Å². The second-order valence-corrected chi connectivity index (χ2v) is 9.66. The number of carbonyl (C=O) groups is 2. The van der Waals surface area contributed by atoms with Crippen LogP contribution < -0.4 is 9.47 Å². The van der Waals surface area contributed by atoms with Gasteiger partial charge in [-0.25, -0.2) is 0 Å². The van der Waals surface area contributed by atoms with Crippen LogP contribution in [0.3, 0.4) is 0 Å². The number of amides is 1. The fourth-order valence-corrected chi connectivity index (χ4v) is 5.83. The van der Waals surface area contributed by atoms with Crippen molar-refractivity contribution < 1.29 is 24.2 Å². The second kappa shape index (κ2) is 10.5. The van der Waals surface area contributed by atoms with Crippen molar-refractivity contribution in [2.24, 2.45) is 0 Å². The number of hydrogen-bond donors (Lipinski definition) is 1. The highest BCUT2D eigenvalue weighted by atomic mass is 35.5. The number of methoxy groups -OCH3 is 2. The molecule has 1 amide bonds. The predicted octanol–water partition coefficient (Wildman–Crippen LogP) is 6.33. The summed E-state index contributed by atoms with van der Waals surface area (Å²) in [6.07, 6.45) is 5.60. The van der Waals surface area contributed by atoms with Crippen LogP contribution in [-0.4, -0.2) is 42.0 Å². The van der Waals surface area contributed by atoms with E-state index in [2.05, 4.69) is 6.92 Å². The lowest BCUT2D eigenvalue weighted by Gasteiger charge is -2.35. The zero-order valence-corrected chi connectivity index (χ0v) is 21.6. The predicted molar refractivity (Wildman–Crippen MR) is 136 cm³/mol. The van der Waals surface area contributed by atoms with Crippen LogP contribution in [0.1, 0.15) is 61.8 Å². The minimum Gasteiger partial charge on any atom is -0.507 e. The third-order valence-corrected chi connectivity index (χ3v) is 7.57. The molecule has 1 N–H and O–H groups in total. The number of carbonyl (C=O) groups excluding carboxylic acids is 2. The summed E-state index contributed by atoms with van der Waals surface area (Å²) in [7, 11) is 2.81. The van der Waals surface area contributed by atoms with E-state index in [0.29, 0.717) is 0 Å². The molecule has 0 aromatic heterocycles. The van der Waals surface area contributed by atoms with Crippen molar-refractivity contribution in [2.45, 2.75) is 57.5 Å². The van der Waals surface area contributed by atoms with Crippen molar-refractivity contribution >= 4 is 40.7 Å². The number of aryl methyl sites for hydroxylation is 1. The second-order valence-electron chi connectivity index (χ2n) is 8.88. The van der Waals surface area contributed by atoms with Gasteiger partial charge in [0.05, 0.1) is 36.4 Å². The standard InChI is InChI=1S/C27H29Cl2NO5/c1-4-15-10-12-16(13-11-15)22-20(24(32)27(33)30(22)17-8-6-5-7-9-17)23(31)18-14-19(28)26(35-3)21(29)25(18)34-2/h10-14,17,22,31H,4-9H2,1-3H3/b23-20+. The highest BCUT2D eigenvalue weighted by Crippen LogP contribution is 2.48. The van der Waals surface area contributed by atoms with E-state index in [9.17, 15) is 14.7 Å². The van der Waals surface area contributed by atoms with Crippen molar-refractivity contribution in [3.05, 3.63) is 62.6 Å². The Bertz CT molecular complexity index is 1170. The van der Waals surface area contributed by atoms with Crippen molar-refractivity contribution in [2.75, 3.05) is 14.2 Å². The van der Waals surface area contributed by atoms with E-state index in [0.717, 1.165) is 49.7 Å². The largest absolute Gasteiger partial charge is 0.507 e. The zero-order chi connectivity index (χ0) is 25.3. The lowest BCUT2D eigenvalue weighted by molar-refractivity contribution is -0.141. The molecule has 1 atom stereocenters. The molecular weight excluding hydrogens is 489 g/mol. The van der Waals surface area contributed by atoms with Crippen molar-refractivity contribution in [3.63, 3.8) is 0 Å². The molecule has 186 valence electrons. The van der Waals surface area contributed by atoms with Crippen LogP contribution in [0.15, 0.2) is 35.9 Å². The average molecular weight is 518 g/mol. The maximum absolute atomic E-state index is 13.4. The van der Waals surface area contributed by atoms with Gasteiger partial charge in [0.15, 0.2) is 11.5 Å². The van der Waals surface area contributed by atoms with Crippen LogP contribution in [-0.2, 0) is 16.0 Å². The average Bonchev–Trinajstić information content (AvgIpc) is 3.14. The quantitative estimate of drug-likeness (QED) is 0.275. The van der Waals surface area contributed by atoms with E-state index in [4.69, 9.17) is 32.7 Å². The molecular formula is C27H29Cl2NO5. The molecule has 1 heterocycles. The lowest BCUT2D eigenvalue weighted by atomic mass is 9.90. The van der Waals surface area contributed by atoms with Gasteiger partial charge in [-0.05, 0) is 36.5 Å². The maximum Gasteiger partial charge on any atom is 0.295 e. The first-order chi connectivity index (χ1) is 16.8. The number of likely N-dealkylation sites (tertiary alicyclic amines) is 1. The summed E-state index contributed by atoms with van der Waals surface area (Å²) in [6, 6.07) is 8.44. The Morgan fingerprint density at radius 1 is 1.03 bits per heavy atom. The Labute approximate surface area is 215 Å². The highest BCUT2D eigenvalue weighted by Gasteiger charge is 2.49. The summed E-state index contributed by atoms with van der Waals surface area (Å²) in [6.45, 7) is 2.06. The first-order valence-electron chi connectivity index (χ1n) is 11.8. The molecule has 1 saturated carbocycles. The highest BCUT2D eigenvalue weighted by molar-refractivity contribution is 6.47. The van der Waals surface area contributed by atoms with E-state index in [1.165, 1.54) is 20.3 Å². The summed E-state index contributed by atoms with van der Waals surface area (Å²) in [5.74, 6) is -1.42. The number of aliphatic hydroxyl groups is 1. The van der Waals surface area contributed by atoms with Gasteiger partial charge in [-0.3, -0.25) is 9.59 Å². The monoisotopic (exact) mass is 517 g/mol. The third-order valence-electron chi connectivity index (χ3n) is 6.95. The molecule has 0 spiro atoms. The molecule has 1 unspecified atom stereocenters. The number of halogens is 2. The smallest absolute Gasteiger partial charge is 0.295 e. The first kappa shape index (κ1) is 25.4. The summed E-state index contributed by atoms with van der Waals surface area (Å²) < 4.78 is 10.7. The van der Waals surface area contributed by atoms with Gasteiger partial charge in [-0.1, -0.05) is 73.7 Å². The van der Waals surface area contributed by atoms with Crippen LogP contribution in [0.25, 0.3) is 5.76 Å². The minimum atomic E-state index is -0.734. The lowest BCUT2D eigenvalue weighted by Crippen LogP contribution is -2.40. The van der Waals surface area contributed by atoms with Gasteiger partial charge >= 0.3 is 0 Å². The molecule has 1 aliphatic carbocycles. The Hall–Kier alpha value is -2.70. The number of aliphatic hydroxyl groups excluding tert-OH is 1.